The molecule has 1 N–H and O–H groups in total. The summed E-state index contributed by atoms with van der Waals surface area (Å²) in [6, 6.07) is 11.4. The lowest BCUT2D eigenvalue weighted by atomic mass is 9.89. The molecular formula is C22H26ClNO3. The van der Waals surface area contributed by atoms with Crippen molar-refractivity contribution in [2.75, 3.05) is 0 Å². The highest BCUT2D eigenvalue weighted by atomic mass is 35.5. The molecule has 3 rings (SSSR count). The molecule has 0 aromatic heterocycles. The molecule has 0 aliphatic carbocycles. The zero-order valence-corrected chi connectivity index (χ0v) is 17.2. The molecule has 2 aromatic carbocycles. The zero-order valence-electron chi connectivity index (χ0n) is 16.4. The summed E-state index contributed by atoms with van der Waals surface area (Å²) in [6.07, 6.45) is 0.0760. The smallest absolute Gasteiger partial charge is 0.261 e. The van der Waals surface area contributed by atoms with Gasteiger partial charge in [0.1, 0.15) is 17.1 Å². The molecule has 0 radical (unpaired) electrons. The van der Waals surface area contributed by atoms with Crippen molar-refractivity contribution in [3.63, 3.8) is 0 Å². The highest BCUT2D eigenvalue weighted by molar-refractivity contribution is 6.31. The fraction of sp³-hybridized carbons (Fsp3) is 0.409. The second-order valence-corrected chi connectivity index (χ2v) is 8.25. The number of carbonyl (C=O) groups is 1. The Labute approximate surface area is 165 Å². The summed E-state index contributed by atoms with van der Waals surface area (Å²) in [5, 5.41) is 3.80. The van der Waals surface area contributed by atoms with Gasteiger partial charge in [-0.2, -0.15) is 0 Å². The number of ether oxygens (including phenoxy) is 2. The Morgan fingerprint density at radius 3 is 2.70 bits per heavy atom. The fourth-order valence-electron chi connectivity index (χ4n) is 3.32. The maximum absolute atomic E-state index is 12.8. The van der Waals surface area contributed by atoms with Crippen LogP contribution in [0.2, 0.25) is 5.02 Å². The fourth-order valence-corrected chi connectivity index (χ4v) is 3.44. The van der Waals surface area contributed by atoms with Gasteiger partial charge in [0.2, 0.25) is 0 Å². The average Bonchev–Trinajstić information content (AvgIpc) is 2.56. The third kappa shape index (κ3) is 4.56. The molecule has 0 saturated heterocycles. The Morgan fingerprint density at radius 1 is 1.26 bits per heavy atom. The van der Waals surface area contributed by atoms with Crippen molar-refractivity contribution in [2.45, 2.75) is 58.8 Å². The van der Waals surface area contributed by atoms with E-state index >= 15 is 0 Å². The third-order valence-corrected chi connectivity index (χ3v) is 5.18. The van der Waals surface area contributed by atoms with Crippen LogP contribution in [0.4, 0.5) is 0 Å². The second-order valence-electron chi connectivity index (χ2n) is 7.84. The van der Waals surface area contributed by atoms with E-state index < -0.39 is 6.10 Å². The van der Waals surface area contributed by atoms with E-state index in [9.17, 15) is 4.79 Å². The lowest BCUT2D eigenvalue weighted by Gasteiger charge is -2.38. The largest absolute Gasteiger partial charge is 0.487 e. The van der Waals surface area contributed by atoms with Crippen LogP contribution in [0.25, 0.3) is 0 Å². The molecule has 0 fully saturated rings. The summed E-state index contributed by atoms with van der Waals surface area (Å²) in [5.41, 5.74) is 2.70. The zero-order chi connectivity index (χ0) is 19.8. The average molecular weight is 388 g/mol. The molecule has 2 atom stereocenters. The minimum atomic E-state index is -0.620. The van der Waals surface area contributed by atoms with Gasteiger partial charge in [0.05, 0.1) is 6.04 Å². The molecule has 0 spiro atoms. The number of benzene rings is 2. The summed E-state index contributed by atoms with van der Waals surface area (Å²) in [4.78, 5) is 12.8. The van der Waals surface area contributed by atoms with Gasteiger partial charge in [-0.15, -0.1) is 0 Å². The summed E-state index contributed by atoms with van der Waals surface area (Å²) >= 11 is 6.05. The molecule has 144 valence electrons. The Hall–Kier alpha value is -2.20. The highest BCUT2D eigenvalue weighted by Crippen LogP contribution is 2.40. The van der Waals surface area contributed by atoms with Crippen LogP contribution in [0, 0.1) is 13.8 Å². The first-order valence-electron chi connectivity index (χ1n) is 9.17. The number of amides is 1. The third-order valence-electron chi connectivity index (χ3n) is 4.75. The predicted octanol–water partition coefficient (Wildman–Crippen LogP) is 5.14. The van der Waals surface area contributed by atoms with Crippen molar-refractivity contribution in [2.24, 2.45) is 0 Å². The Kier molecular flexibility index (Phi) is 5.38. The van der Waals surface area contributed by atoms with E-state index in [1.54, 1.807) is 19.1 Å². The first kappa shape index (κ1) is 19.6. The van der Waals surface area contributed by atoms with Gasteiger partial charge in [-0.05, 0) is 70.0 Å². The molecule has 0 saturated carbocycles. The van der Waals surface area contributed by atoms with E-state index in [1.165, 1.54) is 0 Å². The summed E-state index contributed by atoms with van der Waals surface area (Å²) in [7, 11) is 0. The maximum atomic E-state index is 12.8. The Morgan fingerprint density at radius 2 is 2.00 bits per heavy atom. The van der Waals surface area contributed by atoms with E-state index in [1.807, 2.05) is 52.0 Å². The van der Waals surface area contributed by atoms with Crippen molar-refractivity contribution in [1.29, 1.82) is 0 Å². The van der Waals surface area contributed by atoms with Crippen molar-refractivity contribution in [3.05, 3.63) is 58.1 Å². The van der Waals surface area contributed by atoms with Crippen LogP contribution >= 0.6 is 11.6 Å². The number of halogens is 1. The molecule has 4 nitrogen and oxygen atoms in total. The van der Waals surface area contributed by atoms with Gasteiger partial charge < -0.3 is 14.8 Å². The highest BCUT2D eigenvalue weighted by Gasteiger charge is 2.35. The van der Waals surface area contributed by atoms with E-state index in [0.717, 1.165) is 22.4 Å². The van der Waals surface area contributed by atoms with Crippen molar-refractivity contribution < 1.29 is 14.3 Å². The van der Waals surface area contributed by atoms with E-state index in [-0.39, 0.29) is 17.6 Å². The van der Waals surface area contributed by atoms with Gasteiger partial charge >= 0.3 is 0 Å². The van der Waals surface area contributed by atoms with Crippen LogP contribution in [0.15, 0.2) is 36.4 Å². The normalized spacial score (nSPS) is 18.8. The van der Waals surface area contributed by atoms with Gasteiger partial charge in [0.25, 0.3) is 5.91 Å². The predicted molar refractivity (Wildman–Crippen MR) is 108 cm³/mol. The lowest BCUT2D eigenvalue weighted by molar-refractivity contribution is -0.128. The summed E-state index contributed by atoms with van der Waals surface area (Å²) in [5.74, 6) is 1.30. The molecule has 1 aliphatic rings. The standard InChI is InChI=1S/C22H26ClNO3/c1-13-6-8-17-19(12-22(4,5)27-20(17)10-13)24-21(25)15(3)26-16-7-9-18(23)14(2)11-16/h6-11,15,19H,12H2,1-5H3,(H,24,25)/t15-,19+/m1/s1. The molecule has 0 bridgehead atoms. The van der Waals surface area contributed by atoms with E-state index in [4.69, 9.17) is 21.1 Å². The van der Waals surface area contributed by atoms with E-state index in [0.29, 0.717) is 17.2 Å². The number of hydrogen-bond donors (Lipinski definition) is 1. The van der Waals surface area contributed by atoms with Gasteiger partial charge in [-0.25, -0.2) is 0 Å². The van der Waals surface area contributed by atoms with Gasteiger partial charge in [-0.1, -0.05) is 23.7 Å². The minimum absolute atomic E-state index is 0.116. The minimum Gasteiger partial charge on any atom is -0.487 e. The number of hydrogen-bond acceptors (Lipinski definition) is 3. The quantitative estimate of drug-likeness (QED) is 0.789. The number of carbonyl (C=O) groups excluding carboxylic acids is 1. The number of aryl methyl sites for hydroxylation is 2. The van der Waals surface area contributed by atoms with Crippen molar-refractivity contribution in [3.8, 4) is 11.5 Å². The number of fused-ring (bicyclic) bond motifs is 1. The topological polar surface area (TPSA) is 47.6 Å². The van der Waals surface area contributed by atoms with Crippen LogP contribution in [0.5, 0.6) is 11.5 Å². The SMILES string of the molecule is Cc1ccc2c(c1)OC(C)(C)C[C@@H]2NC(=O)[C@@H](C)Oc1ccc(Cl)c(C)c1. The van der Waals surface area contributed by atoms with Crippen LogP contribution in [-0.4, -0.2) is 17.6 Å². The van der Waals surface area contributed by atoms with Crippen LogP contribution in [0.3, 0.4) is 0 Å². The molecule has 1 amide bonds. The molecule has 5 heteroatoms. The maximum Gasteiger partial charge on any atom is 0.261 e. The molecule has 2 aromatic rings. The number of rotatable bonds is 4. The van der Waals surface area contributed by atoms with Crippen LogP contribution < -0.4 is 14.8 Å². The van der Waals surface area contributed by atoms with Crippen molar-refractivity contribution in [1.82, 2.24) is 5.32 Å². The molecule has 1 heterocycles. The Balaban J connectivity index is 1.74. The van der Waals surface area contributed by atoms with Crippen LogP contribution in [-0.2, 0) is 4.79 Å². The van der Waals surface area contributed by atoms with E-state index in [2.05, 4.69) is 5.32 Å². The van der Waals surface area contributed by atoms with Gasteiger partial charge in [-0.3, -0.25) is 4.79 Å². The first-order chi connectivity index (χ1) is 12.6. The number of nitrogens with one attached hydrogen (secondary N) is 1. The Bertz CT molecular complexity index is 863. The summed E-state index contributed by atoms with van der Waals surface area (Å²) < 4.78 is 11.9. The van der Waals surface area contributed by atoms with Crippen molar-refractivity contribution >= 4 is 17.5 Å². The molecule has 1 aliphatic heterocycles. The lowest BCUT2D eigenvalue weighted by Crippen LogP contribution is -2.44. The molecule has 27 heavy (non-hydrogen) atoms. The summed E-state index contributed by atoms with van der Waals surface area (Å²) in [6.45, 7) is 9.76. The first-order valence-corrected chi connectivity index (χ1v) is 9.55. The monoisotopic (exact) mass is 387 g/mol. The van der Waals surface area contributed by atoms with Gasteiger partial charge in [0, 0.05) is 17.0 Å². The van der Waals surface area contributed by atoms with Crippen LogP contribution in [0.1, 0.15) is 49.9 Å². The molecule has 0 unspecified atom stereocenters. The molecular weight excluding hydrogens is 362 g/mol. The van der Waals surface area contributed by atoms with Gasteiger partial charge in [0.15, 0.2) is 6.10 Å². The second kappa shape index (κ2) is 7.43.